The summed E-state index contributed by atoms with van der Waals surface area (Å²) in [5.41, 5.74) is 9.71. The van der Waals surface area contributed by atoms with Crippen LogP contribution in [0.2, 0.25) is 0 Å². The quantitative estimate of drug-likeness (QED) is 0.754. The summed E-state index contributed by atoms with van der Waals surface area (Å²) in [4.78, 5) is 7.49. The number of nitrogens with zero attached hydrogens (tertiary/aromatic N) is 2. The fraction of sp³-hybridized carbons (Fsp3) is 0.267. The van der Waals surface area contributed by atoms with E-state index in [-0.39, 0.29) is 6.04 Å². The highest BCUT2D eigenvalue weighted by Gasteiger charge is 2.11. The van der Waals surface area contributed by atoms with Crippen molar-refractivity contribution in [3.05, 3.63) is 53.7 Å². The predicted octanol–water partition coefficient (Wildman–Crippen LogP) is 2.45. The molecule has 2 aromatic heterocycles. The fourth-order valence-corrected chi connectivity index (χ4v) is 2.43. The van der Waals surface area contributed by atoms with Crippen molar-refractivity contribution in [2.24, 2.45) is 12.8 Å². The number of nitrogens with two attached hydrogens (primary N) is 1. The number of fused-ring (bicyclic) bond motifs is 1. The van der Waals surface area contributed by atoms with Gasteiger partial charge in [0.25, 0.3) is 0 Å². The second-order valence-corrected chi connectivity index (χ2v) is 5.08. The van der Waals surface area contributed by atoms with Crippen LogP contribution in [0.25, 0.3) is 10.9 Å². The molecule has 0 spiro atoms. The van der Waals surface area contributed by atoms with Gasteiger partial charge in [0.05, 0.1) is 6.04 Å². The van der Waals surface area contributed by atoms with Crippen molar-refractivity contribution in [3.63, 3.8) is 0 Å². The van der Waals surface area contributed by atoms with Gasteiger partial charge in [0.15, 0.2) is 0 Å². The molecule has 19 heavy (non-hydrogen) atoms. The van der Waals surface area contributed by atoms with Gasteiger partial charge in [-0.1, -0.05) is 6.07 Å². The normalized spacial score (nSPS) is 13.0. The molecule has 0 saturated carbocycles. The first kappa shape index (κ1) is 12.0. The van der Waals surface area contributed by atoms with Gasteiger partial charge in [0.2, 0.25) is 0 Å². The van der Waals surface area contributed by atoms with Crippen molar-refractivity contribution < 1.29 is 0 Å². The highest BCUT2D eigenvalue weighted by molar-refractivity contribution is 5.80. The van der Waals surface area contributed by atoms with Crippen LogP contribution in [0.1, 0.15) is 23.1 Å². The Kier molecular flexibility index (Phi) is 2.87. The fourth-order valence-electron chi connectivity index (χ4n) is 2.43. The molecule has 0 amide bonds. The molecule has 0 aliphatic carbocycles. The van der Waals surface area contributed by atoms with Crippen LogP contribution in [0.4, 0.5) is 0 Å². The van der Waals surface area contributed by atoms with Crippen molar-refractivity contribution in [1.29, 1.82) is 0 Å². The Balaban J connectivity index is 1.84. The smallest absolute Gasteiger partial charge is 0.123 e. The number of hydrogen-bond acceptors (Lipinski definition) is 2. The first-order chi connectivity index (χ1) is 9.13. The molecule has 1 atom stereocenters. The molecule has 1 unspecified atom stereocenters. The summed E-state index contributed by atoms with van der Waals surface area (Å²) in [6, 6.07) is 8.52. The summed E-state index contributed by atoms with van der Waals surface area (Å²) < 4.78 is 2.12. The average Bonchev–Trinajstić information content (AvgIpc) is 2.97. The number of rotatable bonds is 3. The first-order valence-electron chi connectivity index (χ1n) is 6.44. The van der Waals surface area contributed by atoms with Crippen LogP contribution in [0, 0.1) is 6.92 Å². The Hall–Kier alpha value is -2.07. The minimum atomic E-state index is -0.0881. The van der Waals surface area contributed by atoms with Crippen molar-refractivity contribution in [3.8, 4) is 0 Å². The van der Waals surface area contributed by atoms with Crippen molar-refractivity contribution in [2.45, 2.75) is 19.4 Å². The van der Waals surface area contributed by atoms with Gasteiger partial charge in [-0.2, -0.15) is 0 Å². The standard InChI is InChI=1S/C15H18N4/c1-10-9-17-15(18-10)13(16)8-11-3-4-14-12(7-11)5-6-19(14)2/h3-7,9,13H,8,16H2,1-2H3,(H,17,18). The Bertz CT molecular complexity index is 708. The molecule has 0 radical (unpaired) electrons. The number of H-pyrrole nitrogens is 1. The van der Waals surface area contributed by atoms with E-state index in [9.17, 15) is 0 Å². The van der Waals surface area contributed by atoms with Gasteiger partial charge in [-0.05, 0) is 42.5 Å². The predicted molar refractivity (Wildman–Crippen MR) is 76.9 cm³/mol. The zero-order chi connectivity index (χ0) is 13.4. The van der Waals surface area contributed by atoms with Crippen LogP contribution in [-0.2, 0) is 13.5 Å². The highest BCUT2D eigenvalue weighted by Crippen LogP contribution is 2.20. The molecule has 3 rings (SSSR count). The van der Waals surface area contributed by atoms with Gasteiger partial charge < -0.3 is 15.3 Å². The molecule has 0 fully saturated rings. The number of aromatic nitrogens is 3. The monoisotopic (exact) mass is 254 g/mol. The minimum Gasteiger partial charge on any atom is -0.351 e. The van der Waals surface area contributed by atoms with Gasteiger partial charge in [0, 0.05) is 30.7 Å². The van der Waals surface area contributed by atoms with Gasteiger partial charge in [0.1, 0.15) is 5.82 Å². The van der Waals surface area contributed by atoms with E-state index in [1.807, 2.05) is 13.1 Å². The van der Waals surface area contributed by atoms with Crippen LogP contribution >= 0.6 is 0 Å². The molecule has 2 heterocycles. The molecule has 0 aliphatic heterocycles. The third kappa shape index (κ3) is 2.27. The van der Waals surface area contributed by atoms with Crippen LogP contribution in [0.5, 0.6) is 0 Å². The molecule has 4 nitrogen and oxygen atoms in total. The Morgan fingerprint density at radius 1 is 1.37 bits per heavy atom. The number of nitrogens with one attached hydrogen (secondary N) is 1. The zero-order valence-corrected chi connectivity index (χ0v) is 11.2. The average molecular weight is 254 g/mol. The summed E-state index contributed by atoms with van der Waals surface area (Å²) in [7, 11) is 2.05. The number of aryl methyl sites for hydroxylation is 2. The van der Waals surface area contributed by atoms with Crippen molar-refractivity contribution >= 4 is 10.9 Å². The zero-order valence-electron chi connectivity index (χ0n) is 11.2. The van der Waals surface area contributed by atoms with Gasteiger partial charge in [-0.3, -0.25) is 0 Å². The molecule has 0 aliphatic rings. The second-order valence-electron chi connectivity index (χ2n) is 5.08. The van der Waals surface area contributed by atoms with E-state index in [0.29, 0.717) is 0 Å². The maximum Gasteiger partial charge on any atom is 0.123 e. The van der Waals surface area contributed by atoms with Gasteiger partial charge in [-0.25, -0.2) is 4.98 Å². The third-order valence-electron chi connectivity index (χ3n) is 3.48. The SMILES string of the molecule is Cc1cnc(C(N)Cc2ccc3c(ccn3C)c2)[nH]1. The highest BCUT2D eigenvalue weighted by atomic mass is 14.9. The van der Waals surface area contributed by atoms with E-state index >= 15 is 0 Å². The largest absolute Gasteiger partial charge is 0.351 e. The summed E-state index contributed by atoms with van der Waals surface area (Å²) >= 11 is 0. The van der Waals surface area contributed by atoms with E-state index in [4.69, 9.17) is 5.73 Å². The molecule has 4 heteroatoms. The lowest BCUT2D eigenvalue weighted by Gasteiger charge is -2.09. The number of imidazole rings is 1. The topological polar surface area (TPSA) is 59.6 Å². The molecule has 0 saturated heterocycles. The summed E-state index contributed by atoms with van der Waals surface area (Å²) in [5.74, 6) is 0.852. The maximum atomic E-state index is 6.19. The summed E-state index contributed by atoms with van der Waals surface area (Å²) in [6.07, 6.45) is 4.68. The number of hydrogen-bond donors (Lipinski definition) is 2. The molecule has 0 bridgehead atoms. The van der Waals surface area contributed by atoms with E-state index in [1.165, 1.54) is 16.5 Å². The van der Waals surface area contributed by atoms with Crippen molar-refractivity contribution in [2.75, 3.05) is 0 Å². The first-order valence-corrected chi connectivity index (χ1v) is 6.44. The van der Waals surface area contributed by atoms with Gasteiger partial charge >= 0.3 is 0 Å². The van der Waals surface area contributed by atoms with Crippen LogP contribution < -0.4 is 5.73 Å². The van der Waals surface area contributed by atoms with Crippen LogP contribution in [0.3, 0.4) is 0 Å². The van der Waals surface area contributed by atoms with Crippen LogP contribution in [-0.4, -0.2) is 14.5 Å². The molecular formula is C15H18N4. The van der Waals surface area contributed by atoms with E-state index in [1.54, 1.807) is 0 Å². The molecule has 98 valence electrons. The van der Waals surface area contributed by atoms with Crippen molar-refractivity contribution in [1.82, 2.24) is 14.5 Å². The third-order valence-corrected chi connectivity index (χ3v) is 3.48. The molecule has 1 aromatic carbocycles. The second kappa shape index (κ2) is 4.55. The van der Waals surface area contributed by atoms with E-state index < -0.39 is 0 Å². The lowest BCUT2D eigenvalue weighted by Crippen LogP contribution is -2.15. The van der Waals surface area contributed by atoms with Gasteiger partial charge in [-0.15, -0.1) is 0 Å². The molecular weight excluding hydrogens is 236 g/mol. The van der Waals surface area contributed by atoms with Crippen LogP contribution in [0.15, 0.2) is 36.7 Å². The van der Waals surface area contributed by atoms with E-state index in [2.05, 4.69) is 52.0 Å². The van der Waals surface area contributed by atoms with E-state index in [0.717, 1.165) is 17.9 Å². The maximum absolute atomic E-state index is 6.19. The summed E-state index contributed by atoms with van der Waals surface area (Å²) in [6.45, 7) is 1.99. The molecule has 3 aromatic rings. The lowest BCUT2D eigenvalue weighted by molar-refractivity contribution is 0.677. The minimum absolute atomic E-state index is 0.0881. The Morgan fingerprint density at radius 2 is 2.21 bits per heavy atom. The molecule has 3 N–H and O–H groups in total. The lowest BCUT2D eigenvalue weighted by atomic mass is 10.0. The summed E-state index contributed by atoms with van der Waals surface area (Å²) in [5, 5.41) is 1.25. The Morgan fingerprint density at radius 3 is 2.95 bits per heavy atom. The Labute approximate surface area is 112 Å². The number of benzene rings is 1. The number of aromatic amines is 1.